The summed E-state index contributed by atoms with van der Waals surface area (Å²) in [6.07, 6.45) is 7.09. The van der Waals surface area contributed by atoms with E-state index < -0.39 is 5.60 Å². The smallest absolute Gasteiger partial charge is 0.410 e. The third kappa shape index (κ3) is 2.71. The van der Waals surface area contributed by atoms with Crippen LogP contribution in [-0.2, 0) is 4.74 Å². The predicted octanol–water partition coefficient (Wildman–Crippen LogP) is 2.41. The molecule has 1 N–H and O–H groups in total. The van der Waals surface area contributed by atoms with Crippen molar-refractivity contribution in [3.63, 3.8) is 0 Å². The highest BCUT2D eigenvalue weighted by molar-refractivity contribution is 5.69. The van der Waals surface area contributed by atoms with Crippen molar-refractivity contribution in [2.24, 2.45) is 17.8 Å². The number of hydrogen-bond donors (Lipinski definition) is 1. The van der Waals surface area contributed by atoms with E-state index in [1.165, 1.54) is 12.8 Å². The molecule has 4 unspecified atom stereocenters. The summed E-state index contributed by atoms with van der Waals surface area (Å²) in [5, 5.41) is 3.45. The standard InChI is InChI=1S/C16H26N2O2/c1-16(2,3)20-15(19)18-7-6-17-10-14(18)13-9-11-4-5-12(13)8-11/h4-5,11-14,17H,6-10H2,1-3H3. The molecule has 1 heterocycles. The summed E-state index contributed by atoms with van der Waals surface area (Å²) in [6, 6.07) is 0.290. The van der Waals surface area contributed by atoms with Gasteiger partial charge in [-0.2, -0.15) is 0 Å². The number of hydrogen-bond acceptors (Lipinski definition) is 3. The van der Waals surface area contributed by atoms with Gasteiger partial charge in [0.1, 0.15) is 5.60 Å². The molecule has 2 bridgehead atoms. The van der Waals surface area contributed by atoms with Gasteiger partial charge in [0.05, 0.1) is 6.04 Å². The molecule has 0 spiro atoms. The van der Waals surface area contributed by atoms with Gasteiger partial charge in [0.25, 0.3) is 0 Å². The molecule has 0 aromatic carbocycles. The summed E-state index contributed by atoms with van der Waals surface area (Å²) in [6.45, 7) is 8.33. The number of allylic oxidation sites excluding steroid dienone is 2. The second kappa shape index (κ2) is 5.06. The number of carbonyl (C=O) groups excluding carboxylic acids is 1. The first-order valence-electron chi connectivity index (χ1n) is 7.83. The molecule has 0 radical (unpaired) electrons. The number of rotatable bonds is 1. The first-order valence-corrected chi connectivity index (χ1v) is 7.83. The van der Waals surface area contributed by atoms with Crippen LogP contribution in [0, 0.1) is 17.8 Å². The van der Waals surface area contributed by atoms with Gasteiger partial charge in [-0.15, -0.1) is 0 Å². The molecule has 1 saturated heterocycles. The van der Waals surface area contributed by atoms with E-state index in [1.807, 2.05) is 25.7 Å². The van der Waals surface area contributed by atoms with E-state index in [0.29, 0.717) is 17.9 Å². The molecule has 2 aliphatic carbocycles. The Balaban J connectivity index is 1.71. The van der Waals surface area contributed by atoms with Gasteiger partial charge >= 0.3 is 6.09 Å². The summed E-state index contributed by atoms with van der Waals surface area (Å²) in [4.78, 5) is 14.4. The Morgan fingerprint density at radius 3 is 2.70 bits per heavy atom. The van der Waals surface area contributed by atoms with Crippen molar-refractivity contribution in [3.8, 4) is 0 Å². The number of nitrogens with one attached hydrogen (secondary N) is 1. The molecule has 1 saturated carbocycles. The van der Waals surface area contributed by atoms with Gasteiger partial charge in [-0.25, -0.2) is 4.79 Å². The lowest BCUT2D eigenvalue weighted by Gasteiger charge is -2.41. The van der Waals surface area contributed by atoms with Gasteiger partial charge < -0.3 is 15.0 Å². The van der Waals surface area contributed by atoms with Crippen molar-refractivity contribution in [1.29, 1.82) is 0 Å². The minimum absolute atomic E-state index is 0.143. The fourth-order valence-corrected chi connectivity index (χ4v) is 3.92. The molecule has 3 aliphatic rings. The van der Waals surface area contributed by atoms with Crippen molar-refractivity contribution >= 4 is 6.09 Å². The van der Waals surface area contributed by atoms with E-state index in [9.17, 15) is 4.79 Å². The molecule has 20 heavy (non-hydrogen) atoms. The Labute approximate surface area is 121 Å². The van der Waals surface area contributed by atoms with Crippen LogP contribution < -0.4 is 5.32 Å². The molecule has 3 rings (SSSR count). The lowest BCUT2D eigenvalue weighted by molar-refractivity contribution is 0.00246. The number of fused-ring (bicyclic) bond motifs is 2. The van der Waals surface area contributed by atoms with Crippen molar-refractivity contribution in [2.75, 3.05) is 19.6 Å². The van der Waals surface area contributed by atoms with Crippen LogP contribution in [0.15, 0.2) is 12.2 Å². The van der Waals surface area contributed by atoms with Crippen LogP contribution in [0.4, 0.5) is 4.79 Å². The molecule has 4 atom stereocenters. The zero-order valence-electron chi connectivity index (χ0n) is 12.8. The van der Waals surface area contributed by atoms with Crippen LogP contribution in [0.25, 0.3) is 0 Å². The van der Waals surface area contributed by atoms with Crippen molar-refractivity contribution < 1.29 is 9.53 Å². The maximum absolute atomic E-state index is 12.4. The van der Waals surface area contributed by atoms with E-state index >= 15 is 0 Å². The van der Waals surface area contributed by atoms with Gasteiger partial charge in [-0.3, -0.25) is 0 Å². The summed E-state index contributed by atoms with van der Waals surface area (Å²) in [7, 11) is 0. The monoisotopic (exact) mass is 278 g/mol. The van der Waals surface area contributed by atoms with Gasteiger partial charge in [-0.05, 0) is 51.4 Å². The fourth-order valence-electron chi connectivity index (χ4n) is 3.92. The van der Waals surface area contributed by atoms with E-state index in [-0.39, 0.29) is 6.09 Å². The molecule has 0 aromatic heterocycles. The SMILES string of the molecule is CC(C)(C)OC(=O)N1CCNCC1C1CC2C=CC1C2. The molecule has 0 aromatic rings. The Morgan fingerprint density at radius 1 is 1.30 bits per heavy atom. The Bertz CT molecular complexity index is 413. The Morgan fingerprint density at radius 2 is 2.10 bits per heavy atom. The quantitative estimate of drug-likeness (QED) is 0.749. The molecule has 1 amide bonds. The topological polar surface area (TPSA) is 41.6 Å². The molecule has 112 valence electrons. The van der Waals surface area contributed by atoms with Crippen molar-refractivity contribution in [1.82, 2.24) is 10.2 Å². The molecule has 4 nitrogen and oxygen atoms in total. The van der Waals surface area contributed by atoms with E-state index in [1.54, 1.807) is 0 Å². The van der Waals surface area contributed by atoms with Gasteiger partial charge in [0.2, 0.25) is 0 Å². The van der Waals surface area contributed by atoms with Crippen LogP contribution >= 0.6 is 0 Å². The second-order valence-electron chi connectivity index (χ2n) is 7.39. The van der Waals surface area contributed by atoms with Gasteiger partial charge in [0, 0.05) is 19.6 Å². The average molecular weight is 278 g/mol. The van der Waals surface area contributed by atoms with E-state index in [4.69, 9.17) is 4.74 Å². The van der Waals surface area contributed by atoms with Crippen LogP contribution in [0.3, 0.4) is 0 Å². The van der Waals surface area contributed by atoms with Gasteiger partial charge in [0.15, 0.2) is 0 Å². The highest BCUT2D eigenvalue weighted by atomic mass is 16.6. The van der Waals surface area contributed by atoms with Crippen LogP contribution in [0.5, 0.6) is 0 Å². The molecule has 4 heteroatoms. The second-order valence-corrected chi connectivity index (χ2v) is 7.39. The van der Waals surface area contributed by atoms with Crippen molar-refractivity contribution in [2.45, 2.75) is 45.3 Å². The summed E-state index contributed by atoms with van der Waals surface area (Å²) >= 11 is 0. The normalized spacial score (nSPS) is 36.5. The number of piperazine rings is 1. The lowest BCUT2D eigenvalue weighted by atomic mass is 9.85. The maximum Gasteiger partial charge on any atom is 0.410 e. The minimum Gasteiger partial charge on any atom is -0.444 e. The first kappa shape index (κ1) is 13.9. The minimum atomic E-state index is -0.416. The van der Waals surface area contributed by atoms with E-state index in [0.717, 1.165) is 25.6 Å². The summed E-state index contributed by atoms with van der Waals surface area (Å²) in [5.74, 6) is 2.01. The lowest BCUT2D eigenvalue weighted by Crippen LogP contribution is -2.58. The fraction of sp³-hybridized carbons (Fsp3) is 0.812. The highest BCUT2D eigenvalue weighted by Gasteiger charge is 2.44. The number of ether oxygens (including phenoxy) is 1. The van der Waals surface area contributed by atoms with Crippen LogP contribution in [0.2, 0.25) is 0 Å². The molecular weight excluding hydrogens is 252 g/mol. The molecular formula is C16H26N2O2. The van der Waals surface area contributed by atoms with Crippen LogP contribution in [-0.4, -0.2) is 42.3 Å². The highest BCUT2D eigenvalue weighted by Crippen LogP contribution is 2.46. The molecule has 2 fully saturated rings. The average Bonchev–Trinajstić information content (AvgIpc) is 2.99. The zero-order chi connectivity index (χ0) is 14.3. The maximum atomic E-state index is 12.4. The summed E-state index contributed by atoms with van der Waals surface area (Å²) < 4.78 is 5.59. The predicted molar refractivity (Wildman–Crippen MR) is 78.4 cm³/mol. The third-order valence-corrected chi connectivity index (χ3v) is 4.74. The molecule has 1 aliphatic heterocycles. The Kier molecular flexibility index (Phi) is 3.53. The largest absolute Gasteiger partial charge is 0.444 e. The number of nitrogens with zero attached hydrogens (tertiary/aromatic N) is 1. The third-order valence-electron chi connectivity index (χ3n) is 4.74. The zero-order valence-corrected chi connectivity index (χ0v) is 12.8. The summed E-state index contributed by atoms with van der Waals surface area (Å²) in [5.41, 5.74) is -0.416. The van der Waals surface area contributed by atoms with Gasteiger partial charge in [-0.1, -0.05) is 12.2 Å². The first-order chi connectivity index (χ1) is 9.44. The Hall–Kier alpha value is -1.03. The number of carbonyl (C=O) groups is 1. The van der Waals surface area contributed by atoms with Crippen LogP contribution in [0.1, 0.15) is 33.6 Å². The van der Waals surface area contributed by atoms with E-state index in [2.05, 4.69) is 17.5 Å². The number of amides is 1. The van der Waals surface area contributed by atoms with Crippen molar-refractivity contribution in [3.05, 3.63) is 12.2 Å².